The van der Waals surface area contributed by atoms with Crippen molar-refractivity contribution in [1.29, 1.82) is 0 Å². The number of piperidine rings is 1. The van der Waals surface area contributed by atoms with Gasteiger partial charge < -0.3 is 15.0 Å². The molecule has 1 heterocycles. The summed E-state index contributed by atoms with van der Waals surface area (Å²) in [5.41, 5.74) is 1.37. The Bertz CT molecular complexity index is 554. The van der Waals surface area contributed by atoms with Crippen LogP contribution >= 0.6 is 0 Å². The molecule has 1 atom stereocenters. The van der Waals surface area contributed by atoms with Crippen LogP contribution in [0.15, 0.2) is 18.2 Å². The van der Waals surface area contributed by atoms with E-state index < -0.39 is 5.60 Å². The predicted molar refractivity (Wildman–Crippen MR) is 90.2 cm³/mol. The number of aryl methyl sites for hydroxylation is 1. The van der Waals surface area contributed by atoms with Gasteiger partial charge in [-0.2, -0.15) is 0 Å². The molecule has 1 fully saturated rings. The van der Waals surface area contributed by atoms with Crippen LogP contribution in [0.4, 0.5) is 14.9 Å². The molecule has 5 heteroatoms. The number of likely N-dealkylation sites (tertiary alicyclic amines) is 1. The number of rotatable bonds is 3. The SMILES string of the molecule is Cc1ccc(F)cc1NCC1CCCN(C(=O)OC(C)(C)C)C1. The van der Waals surface area contributed by atoms with Crippen molar-refractivity contribution in [2.75, 3.05) is 25.0 Å². The van der Waals surface area contributed by atoms with E-state index in [1.54, 1.807) is 11.0 Å². The Kier molecular flexibility index (Phi) is 5.50. The molecule has 1 aromatic carbocycles. The van der Waals surface area contributed by atoms with Crippen LogP contribution < -0.4 is 5.32 Å². The van der Waals surface area contributed by atoms with E-state index in [1.165, 1.54) is 12.1 Å². The first-order chi connectivity index (χ1) is 10.7. The molecule has 1 N–H and O–H groups in total. The van der Waals surface area contributed by atoms with E-state index in [9.17, 15) is 9.18 Å². The average Bonchev–Trinajstić information content (AvgIpc) is 2.47. The molecule has 1 aromatic rings. The lowest BCUT2D eigenvalue weighted by Gasteiger charge is -2.34. The van der Waals surface area contributed by atoms with Crippen LogP contribution in [-0.2, 0) is 4.74 Å². The van der Waals surface area contributed by atoms with Crippen LogP contribution in [-0.4, -0.2) is 36.2 Å². The fourth-order valence-corrected chi connectivity index (χ4v) is 2.76. The normalized spacial score (nSPS) is 18.7. The van der Waals surface area contributed by atoms with Crippen molar-refractivity contribution in [2.45, 2.75) is 46.1 Å². The third-order valence-corrected chi connectivity index (χ3v) is 3.95. The first-order valence-electron chi connectivity index (χ1n) is 8.22. The zero-order chi connectivity index (χ0) is 17.0. The smallest absolute Gasteiger partial charge is 0.410 e. The summed E-state index contributed by atoms with van der Waals surface area (Å²) in [7, 11) is 0. The van der Waals surface area contributed by atoms with Crippen LogP contribution in [0.25, 0.3) is 0 Å². The van der Waals surface area contributed by atoms with E-state index in [1.807, 2.05) is 27.7 Å². The Morgan fingerprint density at radius 1 is 1.43 bits per heavy atom. The summed E-state index contributed by atoms with van der Waals surface area (Å²) < 4.78 is 18.8. The quantitative estimate of drug-likeness (QED) is 0.907. The maximum Gasteiger partial charge on any atom is 0.410 e. The summed E-state index contributed by atoms with van der Waals surface area (Å²) in [4.78, 5) is 13.9. The Hall–Kier alpha value is -1.78. The molecule has 0 spiro atoms. The van der Waals surface area contributed by atoms with Crippen LogP contribution in [0.5, 0.6) is 0 Å². The molecule has 0 aromatic heterocycles. The van der Waals surface area contributed by atoms with Crippen molar-refractivity contribution in [3.63, 3.8) is 0 Å². The molecule has 1 unspecified atom stereocenters. The number of hydrogen-bond donors (Lipinski definition) is 1. The molecule has 2 rings (SSSR count). The Balaban J connectivity index is 1.89. The lowest BCUT2D eigenvalue weighted by molar-refractivity contribution is 0.0172. The predicted octanol–water partition coefficient (Wildman–Crippen LogP) is 4.19. The minimum Gasteiger partial charge on any atom is -0.444 e. The highest BCUT2D eigenvalue weighted by Gasteiger charge is 2.27. The summed E-state index contributed by atoms with van der Waals surface area (Å²) in [6, 6.07) is 4.75. The van der Waals surface area contributed by atoms with Gasteiger partial charge in [-0.15, -0.1) is 0 Å². The second-order valence-electron chi connectivity index (χ2n) is 7.27. The molecule has 4 nitrogen and oxygen atoms in total. The van der Waals surface area contributed by atoms with Gasteiger partial charge in [0.25, 0.3) is 0 Å². The van der Waals surface area contributed by atoms with Crippen LogP contribution in [0.2, 0.25) is 0 Å². The van der Waals surface area contributed by atoms with Crippen LogP contribution in [0, 0.1) is 18.7 Å². The zero-order valence-corrected chi connectivity index (χ0v) is 14.5. The summed E-state index contributed by atoms with van der Waals surface area (Å²) in [6.45, 7) is 9.72. The third kappa shape index (κ3) is 5.41. The van der Waals surface area contributed by atoms with Gasteiger partial charge in [-0.1, -0.05) is 6.07 Å². The van der Waals surface area contributed by atoms with Gasteiger partial charge in [0.15, 0.2) is 0 Å². The summed E-state index contributed by atoms with van der Waals surface area (Å²) in [5, 5.41) is 3.31. The number of ether oxygens (including phenoxy) is 1. The molecule has 1 saturated heterocycles. The van der Waals surface area contributed by atoms with Gasteiger partial charge in [-0.25, -0.2) is 9.18 Å². The highest BCUT2D eigenvalue weighted by molar-refractivity contribution is 5.68. The molecule has 0 radical (unpaired) electrons. The molecule has 0 aliphatic carbocycles. The average molecular weight is 322 g/mol. The molecule has 0 saturated carbocycles. The number of amides is 1. The first kappa shape index (κ1) is 17.6. The van der Waals surface area contributed by atoms with Crippen molar-refractivity contribution in [3.05, 3.63) is 29.6 Å². The number of hydrogen-bond acceptors (Lipinski definition) is 3. The van der Waals surface area contributed by atoms with Gasteiger partial charge in [-0.05, 0) is 64.2 Å². The van der Waals surface area contributed by atoms with E-state index in [0.717, 1.165) is 37.2 Å². The van der Waals surface area contributed by atoms with Crippen LogP contribution in [0.3, 0.4) is 0 Å². The Morgan fingerprint density at radius 3 is 2.87 bits per heavy atom. The molecule has 23 heavy (non-hydrogen) atoms. The molecule has 1 aliphatic heterocycles. The lowest BCUT2D eigenvalue weighted by Crippen LogP contribution is -2.44. The van der Waals surface area contributed by atoms with Gasteiger partial charge in [0.1, 0.15) is 11.4 Å². The highest BCUT2D eigenvalue weighted by atomic mass is 19.1. The van der Waals surface area contributed by atoms with E-state index in [-0.39, 0.29) is 11.9 Å². The second kappa shape index (κ2) is 7.20. The maximum absolute atomic E-state index is 13.3. The topological polar surface area (TPSA) is 41.6 Å². The van der Waals surface area contributed by atoms with Gasteiger partial charge >= 0.3 is 6.09 Å². The monoisotopic (exact) mass is 322 g/mol. The first-order valence-corrected chi connectivity index (χ1v) is 8.22. The van der Waals surface area contributed by atoms with Gasteiger partial charge in [0.2, 0.25) is 0 Å². The largest absolute Gasteiger partial charge is 0.444 e. The second-order valence-corrected chi connectivity index (χ2v) is 7.27. The number of anilines is 1. The van der Waals surface area contributed by atoms with Gasteiger partial charge in [-0.3, -0.25) is 0 Å². The molecule has 1 amide bonds. The summed E-state index contributed by atoms with van der Waals surface area (Å²) in [6.07, 6.45) is 1.78. The Labute approximate surface area is 138 Å². The van der Waals surface area contributed by atoms with Gasteiger partial charge in [0, 0.05) is 25.3 Å². The standard InChI is InChI=1S/C18H27FN2O2/c1-13-7-8-15(19)10-16(13)20-11-14-6-5-9-21(12-14)17(22)23-18(2,3)4/h7-8,10,14,20H,5-6,9,11-12H2,1-4H3. The minimum atomic E-state index is -0.471. The van der Waals surface area contributed by atoms with E-state index in [0.29, 0.717) is 12.5 Å². The summed E-state index contributed by atoms with van der Waals surface area (Å²) >= 11 is 0. The Morgan fingerprint density at radius 2 is 2.17 bits per heavy atom. The maximum atomic E-state index is 13.3. The molecule has 128 valence electrons. The highest BCUT2D eigenvalue weighted by Crippen LogP contribution is 2.21. The van der Waals surface area contributed by atoms with E-state index >= 15 is 0 Å². The van der Waals surface area contributed by atoms with Crippen LogP contribution in [0.1, 0.15) is 39.2 Å². The molecular formula is C18H27FN2O2. The summed E-state index contributed by atoms with van der Waals surface area (Å²) in [5.74, 6) is 0.107. The number of nitrogens with zero attached hydrogens (tertiary/aromatic N) is 1. The number of carbonyl (C=O) groups is 1. The number of carbonyl (C=O) groups excluding carboxylic acids is 1. The van der Waals surface area contributed by atoms with Gasteiger partial charge in [0.05, 0.1) is 0 Å². The zero-order valence-electron chi connectivity index (χ0n) is 14.5. The number of halogens is 1. The minimum absolute atomic E-state index is 0.239. The molecule has 1 aliphatic rings. The molecular weight excluding hydrogens is 295 g/mol. The number of nitrogens with one attached hydrogen (secondary N) is 1. The number of benzene rings is 1. The lowest BCUT2D eigenvalue weighted by atomic mass is 9.98. The van der Waals surface area contributed by atoms with Crippen molar-refractivity contribution >= 4 is 11.8 Å². The molecule has 0 bridgehead atoms. The van der Waals surface area contributed by atoms with Crippen molar-refractivity contribution in [1.82, 2.24) is 4.90 Å². The fraction of sp³-hybridized carbons (Fsp3) is 0.611. The van der Waals surface area contributed by atoms with Crippen molar-refractivity contribution in [2.24, 2.45) is 5.92 Å². The van der Waals surface area contributed by atoms with Crippen molar-refractivity contribution in [3.8, 4) is 0 Å². The van der Waals surface area contributed by atoms with Crippen molar-refractivity contribution < 1.29 is 13.9 Å². The fourth-order valence-electron chi connectivity index (χ4n) is 2.76. The van der Waals surface area contributed by atoms with E-state index in [2.05, 4.69) is 5.32 Å². The van der Waals surface area contributed by atoms with E-state index in [4.69, 9.17) is 4.74 Å². The third-order valence-electron chi connectivity index (χ3n) is 3.95.